The Bertz CT molecular complexity index is 437. The quantitative estimate of drug-likeness (QED) is 0.739. The van der Waals surface area contributed by atoms with Crippen molar-refractivity contribution >= 4 is 19.9 Å². The number of alkyl halides is 3. The van der Waals surface area contributed by atoms with E-state index in [-0.39, 0.29) is 12.2 Å². The van der Waals surface area contributed by atoms with Gasteiger partial charge >= 0.3 is 15.5 Å². The van der Waals surface area contributed by atoms with Gasteiger partial charge < -0.3 is 0 Å². The summed E-state index contributed by atoms with van der Waals surface area (Å²) < 4.78 is 79.9. The lowest BCUT2D eigenvalue weighted by Crippen LogP contribution is -2.43. The molecule has 1 aliphatic heterocycles. The van der Waals surface area contributed by atoms with Crippen molar-refractivity contribution in [2.24, 2.45) is 0 Å². The highest BCUT2D eigenvalue weighted by Crippen LogP contribution is 2.23. The highest BCUT2D eigenvalue weighted by Gasteiger charge is 2.47. The van der Waals surface area contributed by atoms with Crippen molar-refractivity contribution in [3.8, 4) is 0 Å². The van der Waals surface area contributed by atoms with Crippen molar-refractivity contribution in [2.75, 3.05) is 11.5 Å². The summed E-state index contributed by atoms with van der Waals surface area (Å²) in [5.74, 6) is -0.875. The van der Waals surface area contributed by atoms with Crippen LogP contribution in [0.4, 0.5) is 13.2 Å². The molecule has 90 valence electrons. The third-order valence-electron chi connectivity index (χ3n) is 1.86. The van der Waals surface area contributed by atoms with Crippen molar-refractivity contribution in [3.05, 3.63) is 0 Å². The Morgan fingerprint density at radius 2 is 1.80 bits per heavy atom. The van der Waals surface area contributed by atoms with E-state index in [2.05, 4.69) is 0 Å². The molecule has 0 radical (unpaired) electrons. The van der Waals surface area contributed by atoms with E-state index in [0.717, 1.165) is 0 Å². The predicted molar refractivity (Wildman–Crippen MR) is 45.2 cm³/mol. The van der Waals surface area contributed by atoms with Crippen molar-refractivity contribution in [3.63, 3.8) is 0 Å². The first-order valence-electron chi connectivity index (χ1n) is 3.82. The van der Waals surface area contributed by atoms with Crippen LogP contribution < -0.4 is 4.72 Å². The molecule has 1 heterocycles. The summed E-state index contributed by atoms with van der Waals surface area (Å²) in [7, 11) is -8.85. The lowest BCUT2D eigenvalue weighted by molar-refractivity contribution is -0.0450. The van der Waals surface area contributed by atoms with Crippen LogP contribution in [-0.2, 0) is 19.9 Å². The molecule has 0 aromatic heterocycles. The van der Waals surface area contributed by atoms with Crippen LogP contribution >= 0.6 is 0 Å². The van der Waals surface area contributed by atoms with Gasteiger partial charge in [0, 0.05) is 6.04 Å². The Morgan fingerprint density at radius 1 is 1.27 bits per heavy atom. The Morgan fingerprint density at radius 3 is 2.13 bits per heavy atom. The number of hydrogen-bond donors (Lipinski definition) is 1. The highest BCUT2D eigenvalue weighted by atomic mass is 32.2. The SMILES string of the molecule is O=S1(=O)CCC(NS(=O)(=O)C(F)(F)F)C1. The average Bonchev–Trinajstić information content (AvgIpc) is 2.26. The molecule has 1 unspecified atom stereocenters. The minimum absolute atomic E-state index is 0.127. The molecule has 0 aliphatic carbocycles. The fourth-order valence-electron chi connectivity index (χ4n) is 1.17. The van der Waals surface area contributed by atoms with Gasteiger partial charge in [0.2, 0.25) is 0 Å². The van der Waals surface area contributed by atoms with Gasteiger partial charge in [-0.25, -0.2) is 21.6 Å². The van der Waals surface area contributed by atoms with E-state index in [1.807, 2.05) is 0 Å². The van der Waals surface area contributed by atoms with E-state index < -0.39 is 37.2 Å². The second-order valence-electron chi connectivity index (χ2n) is 3.17. The van der Waals surface area contributed by atoms with Crippen LogP contribution in [0.15, 0.2) is 0 Å². The summed E-state index contributed by atoms with van der Waals surface area (Å²) in [6.07, 6.45) is -0.127. The molecule has 1 fully saturated rings. The van der Waals surface area contributed by atoms with Crippen LogP contribution in [0.2, 0.25) is 0 Å². The molecule has 0 bridgehead atoms. The standard InChI is InChI=1S/C5H8F3NO4S2/c6-5(7,8)15(12,13)9-4-1-2-14(10,11)3-4/h4,9H,1-3H2. The molecule has 0 saturated carbocycles. The third kappa shape index (κ3) is 3.05. The molecule has 5 nitrogen and oxygen atoms in total. The summed E-state index contributed by atoms with van der Waals surface area (Å²) in [6.45, 7) is 0. The largest absolute Gasteiger partial charge is 0.511 e. The van der Waals surface area contributed by atoms with Gasteiger partial charge in [-0.2, -0.15) is 13.2 Å². The van der Waals surface area contributed by atoms with E-state index >= 15 is 0 Å². The van der Waals surface area contributed by atoms with Gasteiger partial charge in [0.1, 0.15) is 0 Å². The first-order chi connectivity index (χ1) is 6.54. The van der Waals surface area contributed by atoms with Crippen LogP contribution in [0.5, 0.6) is 0 Å². The fraction of sp³-hybridized carbons (Fsp3) is 1.00. The summed E-state index contributed by atoms with van der Waals surface area (Å²) in [5.41, 5.74) is -5.40. The van der Waals surface area contributed by atoms with E-state index in [1.54, 1.807) is 0 Å². The summed E-state index contributed by atoms with van der Waals surface area (Å²) in [5, 5.41) is 0. The topological polar surface area (TPSA) is 80.3 Å². The molecule has 0 spiro atoms. The van der Waals surface area contributed by atoms with Gasteiger partial charge in [-0.05, 0) is 6.42 Å². The molecular weight excluding hydrogens is 259 g/mol. The average molecular weight is 267 g/mol. The molecule has 15 heavy (non-hydrogen) atoms. The van der Waals surface area contributed by atoms with Crippen LogP contribution in [0.25, 0.3) is 0 Å². The number of nitrogens with one attached hydrogen (secondary N) is 1. The molecule has 0 aromatic carbocycles. The van der Waals surface area contributed by atoms with E-state index in [0.29, 0.717) is 0 Å². The maximum Gasteiger partial charge on any atom is 0.511 e. The van der Waals surface area contributed by atoms with E-state index in [4.69, 9.17) is 0 Å². The van der Waals surface area contributed by atoms with E-state index in [9.17, 15) is 30.0 Å². The fourth-order valence-corrected chi connectivity index (χ4v) is 3.73. The molecule has 0 aromatic rings. The van der Waals surface area contributed by atoms with Gasteiger partial charge in [0.15, 0.2) is 9.84 Å². The Kier molecular flexibility index (Phi) is 3.05. The Balaban J connectivity index is 2.74. The monoisotopic (exact) mass is 267 g/mol. The minimum atomic E-state index is -5.45. The molecule has 1 rings (SSSR count). The van der Waals surface area contributed by atoms with Crippen molar-refractivity contribution in [1.82, 2.24) is 4.72 Å². The van der Waals surface area contributed by atoms with Crippen LogP contribution in [0.3, 0.4) is 0 Å². The van der Waals surface area contributed by atoms with Gasteiger partial charge in [-0.1, -0.05) is 0 Å². The van der Waals surface area contributed by atoms with Crippen LogP contribution in [0.1, 0.15) is 6.42 Å². The van der Waals surface area contributed by atoms with Crippen molar-refractivity contribution in [1.29, 1.82) is 0 Å². The lowest BCUT2D eigenvalue weighted by Gasteiger charge is -2.13. The minimum Gasteiger partial charge on any atom is -0.229 e. The molecule has 1 atom stereocenters. The van der Waals surface area contributed by atoms with Gasteiger partial charge in [0.25, 0.3) is 0 Å². The van der Waals surface area contributed by atoms with Crippen molar-refractivity contribution < 1.29 is 30.0 Å². The maximum absolute atomic E-state index is 11.9. The summed E-state index contributed by atoms with van der Waals surface area (Å²) in [4.78, 5) is 0. The first-order valence-corrected chi connectivity index (χ1v) is 7.13. The molecule has 1 saturated heterocycles. The summed E-state index contributed by atoms with van der Waals surface area (Å²) in [6, 6.07) is -1.18. The zero-order valence-electron chi connectivity index (χ0n) is 7.28. The highest BCUT2D eigenvalue weighted by molar-refractivity contribution is 7.92. The first kappa shape index (κ1) is 12.7. The smallest absolute Gasteiger partial charge is 0.229 e. The number of sulfonamides is 1. The number of hydrogen-bond acceptors (Lipinski definition) is 4. The normalized spacial score (nSPS) is 26.7. The van der Waals surface area contributed by atoms with Crippen molar-refractivity contribution in [2.45, 2.75) is 18.0 Å². The maximum atomic E-state index is 11.9. The van der Waals surface area contributed by atoms with Gasteiger partial charge in [0.05, 0.1) is 11.5 Å². The zero-order chi connectivity index (χ0) is 11.9. The van der Waals surface area contributed by atoms with Crippen LogP contribution in [-0.4, -0.2) is 39.9 Å². The Labute approximate surface area is 84.6 Å². The molecule has 1 aliphatic rings. The molecule has 1 N–H and O–H groups in total. The van der Waals surface area contributed by atoms with Gasteiger partial charge in [-0.15, -0.1) is 0 Å². The number of halogens is 3. The zero-order valence-corrected chi connectivity index (χ0v) is 8.92. The van der Waals surface area contributed by atoms with E-state index in [1.165, 1.54) is 4.72 Å². The second kappa shape index (κ2) is 3.59. The number of sulfone groups is 1. The number of rotatable bonds is 2. The second-order valence-corrected chi connectivity index (χ2v) is 7.10. The van der Waals surface area contributed by atoms with Gasteiger partial charge in [-0.3, -0.25) is 0 Å². The Hall–Kier alpha value is -0.350. The predicted octanol–water partition coefficient (Wildman–Crippen LogP) is -0.387. The molecular formula is C5H8F3NO4S2. The van der Waals surface area contributed by atoms with Crippen LogP contribution in [0, 0.1) is 0 Å². The third-order valence-corrected chi connectivity index (χ3v) is 4.88. The molecule has 10 heteroatoms. The molecule has 0 amide bonds. The lowest BCUT2D eigenvalue weighted by atomic mass is 10.3. The summed E-state index contributed by atoms with van der Waals surface area (Å²) >= 11 is 0.